The molecule has 9 heteroatoms. The molecule has 1 fully saturated rings. The Morgan fingerprint density at radius 1 is 1.38 bits per heavy atom. The van der Waals surface area contributed by atoms with Gasteiger partial charge in [-0.1, -0.05) is 0 Å². The van der Waals surface area contributed by atoms with E-state index in [0.717, 1.165) is 30.5 Å². The molecule has 158 valence electrons. The van der Waals surface area contributed by atoms with Gasteiger partial charge in [-0.25, -0.2) is 18.4 Å². The molecule has 0 radical (unpaired) electrons. The van der Waals surface area contributed by atoms with Crippen LogP contribution < -0.4 is 10.2 Å². The molecule has 2 heterocycles. The van der Waals surface area contributed by atoms with Crippen molar-refractivity contribution >= 4 is 32.6 Å². The van der Waals surface area contributed by atoms with Crippen molar-refractivity contribution in [2.45, 2.75) is 37.6 Å². The van der Waals surface area contributed by atoms with Crippen LogP contribution in [0.15, 0.2) is 23.1 Å². The van der Waals surface area contributed by atoms with E-state index in [-0.39, 0.29) is 22.8 Å². The van der Waals surface area contributed by atoms with Gasteiger partial charge in [0, 0.05) is 37.9 Å². The van der Waals surface area contributed by atoms with Crippen LogP contribution in [-0.2, 0) is 19.4 Å². The fourth-order valence-electron chi connectivity index (χ4n) is 3.65. The van der Waals surface area contributed by atoms with Gasteiger partial charge >= 0.3 is 0 Å². The van der Waals surface area contributed by atoms with Gasteiger partial charge in [-0.05, 0) is 44.9 Å². The number of methoxy groups -OCH3 is 1. The first-order chi connectivity index (χ1) is 13.7. The van der Waals surface area contributed by atoms with Crippen molar-refractivity contribution in [3.8, 4) is 0 Å². The van der Waals surface area contributed by atoms with Gasteiger partial charge in [-0.3, -0.25) is 4.79 Å². The molecule has 0 saturated carbocycles. The summed E-state index contributed by atoms with van der Waals surface area (Å²) >= 11 is 0. The molecule has 1 aromatic heterocycles. The normalized spacial score (nSPS) is 18.6. The van der Waals surface area contributed by atoms with Crippen LogP contribution in [0.1, 0.15) is 25.5 Å². The zero-order valence-electron chi connectivity index (χ0n) is 17.3. The molecule has 1 amide bonds. The van der Waals surface area contributed by atoms with Crippen LogP contribution in [0, 0.1) is 12.8 Å². The van der Waals surface area contributed by atoms with Gasteiger partial charge in [-0.15, -0.1) is 0 Å². The fourth-order valence-corrected chi connectivity index (χ4v) is 4.29. The fraction of sp³-hybridized carbons (Fsp3) is 0.550. The maximum atomic E-state index is 12.6. The molecular weight excluding hydrogens is 392 g/mol. The van der Waals surface area contributed by atoms with E-state index in [1.165, 1.54) is 6.26 Å². The lowest BCUT2D eigenvalue weighted by Gasteiger charge is -2.32. The summed E-state index contributed by atoms with van der Waals surface area (Å²) < 4.78 is 28.9. The van der Waals surface area contributed by atoms with Crippen LogP contribution in [0.4, 0.5) is 5.95 Å². The van der Waals surface area contributed by atoms with E-state index in [1.807, 2.05) is 18.7 Å². The van der Waals surface area contributed by atoms with Gasteiger partial charge in [0.2, 0.25) is 11.9 Å². The SMILES string of the molecule is COC[C@H](C)NC(=O)[C@@H]1CCCN(c2nc(C)c3ccc(S(C)(=O)=O)cc3n2)C1. The van der Waals surface area contributed by atoms with Gasteiger partial charge in [0.15, 0.2) is 9.84 Å². The predicted octanol–water partition coefficient (Wildman–Crippen LogP) is 1.71. The minimum absolute atomic E-state index is 0.0103. The molecule has 29 heavy (non-hydrogen) atoms. The molecule has 0 spiro atoms. The third kappa shape index (κ3) is 5.02. The molecule has 8 nitrogen and oxygen atoms in total. The van der Waals surface area contributed by atoms with Gasteiger partial charge in [0.05, 0.1) is 28.6 Å². The number of rotatable bonds is 6. The van der Waals surface area contributed by atoms with Crippen LogP contribution in [0.3, 0.4) is 0 Å². The summed E-state index contributed by atoms with van der Waals surface area (Å²) in [6.45, 7) is 5.56. The zero-order valence-corrected chi connectivity index (χ0v) is 18.1. The number of aryl methyl sites for hydroxylation is 1. The van der Waals surface area contributed by atoms with E-state index in [1.54, 1.807) is 25.3 Å². The summed E-state index contributed by atoms with van der Waals surface area (Å²) in [6, 6.07) is 4.87. The number of aromatic nitrogens is 2. The Morgan fingerprint density at radius 3 is 2.83 bits per heavy atom. The minimum atomic E-state index is -3.32. The monoisotopic (exact) mass is 420 g/mol. The first-order valence-corrected chi connectivity index (χ1v) is 11.6. The first kappa shape index (κ1) is 21.4. The summed E-state index contributed by atoms with van der Waals surface area (Å²) in [5, 5.41) is 3.81. The van der Waals surface area contributed by atoms with Gasteiger partial charge < -0.3 is 15.0 Å². The number of anilines is 1. The number of nitrogens with zero attached hydrogens (tertiary/aromatic N) is 3. The quantitative estimate of drug-likeness (QED) is 0.759. The van der Waals surface area contributed by atoms with Crippen molar-refractivity contribution in [3.05, 3.63) is 23.9 Å². The van der Waals surface area contributed by atoms with Crippen molar-refractivity contribution in [1.29, 1.82) is 0 Å². The average Bonchev–Trinajstić information content (AvgIpc) is 2.67. The molecule has 1 aromatic carbocycles. The number of benzene rings is 1. The Balaban J connectivity index is 1.84. The van der Waals surface area contributed by atoms with Crippen LogP contribution >= 0.6 is 0 Å². The van der Waals surface area contributed by atoms with E-state index in [0.29, 0.717) is 24.6 Å². The number of amides is 1. The lowest BCUT2D eigenvalue weighted by Crippen LogP contribution is -2.46. The average molecular weight is 421 g/mol. The van der Waals surface area contributed by atoms with Gasteiger partial charge in [-0.2, -0.15) is 0 Å². The summed E-state index contributed by atoms with van der Waals surface area (Å²) in [4.78, 5) is 24.1. The molecule has 3 rings (SSSR count). The minimum Gasteiger partial charge on any atom is -0.383 e. The van der Waals surface area contributed by atoms with Crippen LogP contribution in [0.5, 0.6) is 0 Å². The molecule has 2 atom stereocenters. The second-order valence-electron chi connectivity index (χ2n) is 7.71. The first-order valence-electron chi connectivity index (χ1n) is 9.71. The molecule has 1 aliphatic rings. The van der Waals surface area contributed by atoms with Gasteiger partial charge in [0.25, 0.3) is 0 Å². The van der Waals surface area contributed by atoms with Crippen molar-refractivity contribution in [2.24, 2.45) is 5.92 Å². The Hall–Kier alpha value is -2.26. The Labute approximate surface area is 171 Å². The number of sulfone groups is 1. The van der Waals surface area contributed by atoms with E-state index in [2.05, 4.69) is 15.3 Å². The third-order valence-corrected chi connectivity index (χ3v) is 6.27. The maximum Gasteiger partial charge on any atom is 0.226 e. The Kier molecular flexibility index (Phi) is 6.38. The number of nitrogens with one attached hydrogen (secondary N) is 1. The molecule has 0 bridgehead atoms. The van der Waals surface area contributed by atoms with Crippen molar-refractivity contribution in [3.63, 3.8) is 0 Å². The van der Waals surface area contributed by atoms with Gasteiger partial charge in [0.1, 0.15) is 0 Å². The van der Waals surface area contributed by atoms with Crippen molar-refractivity contribution < 1.29 is 17.9 Å². The number of piperidine rings is 1. The van der Waals surface area contributed by atoms with E-state index < -0.39 is 9.84 Å². The van der Waals surface area contributed by atoms with Crippen LogP contribution in [0.2, 0.25) is 0 Å². The van der Waals surface area contributed by atoms with Crippen LogP contribution in [0.25, 0.3) is 10.9 Å². The lowest BCUT2D eigenvalue weighted by molar-refractivity contribution is -0.126. The number of fused-ring (bicyclic) bond motifs is 1. The van der Waals surface area contributed by atoms with Crippen LogP contribution in [-0.4, -0.2) is 63.4 Å². The molecule has 2 aromatic rings. The largest absolute Gasteiger partial charge is 0.383 e. The number of ether oxygens (including phenoxy) is 1. The van der Waals surface area contributed by atoms with Crippen molar-refractivity contribution in [2.75, 3.05) is 38.0 Å². The number of carbonyl (C=O) groups is 1. The summed E-state index contributed by atoms with van der Waals surface area (Å²) in [7, 11) is -1.71. The standard InChI is InChI=1S/C20H28N4O4S/c1-13(12-28-3)21-19(25)15-6-5-9-24(11-15)20-22-14(2)17-8-7-16(29(4,26)27)10-18(17)23-20/h7-8,10,13,15H,5-6,9,11-12H2,1-4H3,(H,21,25)/t13-,15+/m0/s1. The van der Waals surface area contributed by atoms with Crippen molar-refractivity contribution in [1.82, 2.24) is 15.3 Å². The third-order valence-electron chi connectivity index (χ3n) is 5.16. The highest BCUT2D eigenvalue weighted by molar-refractivity contribution is 7.90. The predicted molar refractivity (Wildman–Crippen MR) is 112 cm³/mol. The molecule has 0 aliphatic carbocycles. The Bertz CT molecular complexity index is 1010. The molecular formula is C20H28N4O4S. The number of carbonyl (C=O) groups excluding carboxylic acids is 1. The second kappa shape index (κ2) is 8.62. The summed E-state index contributed by atoms with van der Waals surface area (Å²) in [6.07, 6.45) is 2.86. The smallest absolute Gasteiger partial charge is 0.226 e. The highest BCUT2D eigenvalue weighted by atomic mass is 32.2. The molecule has 1 saturated heterocycles. The Morgan fingerprint density at radius 2 is 2.14 bits per heavy atom. The summed E-state index contributed by atoms with van der Waals surface area (Å²) in [5.74, 6) is 0.393. The highest BCUT2D eigenvalue weighted by Gasteiger charge is 2.28. The summed E-state index contributed by atoms with van der Waals surface area (Å²) in [5.41, 5.74) is 1.38. The number of hydrogen-bond donors (Lipinski definition) is 1. The zero-order chi connectivity index (χ0) is 21.2. The van der Waals surface area contributed by atoms with E-state index >= 15 is 0 Å². The molecule has 1 N–H and O–H groups in total. The maximum absolute atomic E-state index is 12.6. The topological polar surface area (TPSA) is 101 Å². The van der Waals surface area contributed by atoms with E-state index in [9.17, 15) is 13.2 Å². The lowest BCUT2D eigenvalue weighted by atomic mass is 9.97. The second-order valence-corrected chi connectivity index (χ2v) is 9.73. The number of hydrogen-bond acceptors (Lipinski definition) is 7. The molecule has 1 aliphatic heterocycles. The van der Waals surface area contributed by atoms with E-state index in [4.69, 9.17) is 4.74 Å². The highest BCUT2D eigenvalue weighted by Crippen LogP contribution is 2.25. The molecule has 0 unspecified atom stereocenters.